The van der Waals surface area contributed by atoms with Gasteiger partial charge in [-0.2, -0.15) is 0 Å². The van der Waals surface area contributed by atoms with Gasteiger partial charge in [0, 0.05) is 17.1 Å². The van der Waals surface area contributed by atoms with Gasteiger partial charge in [0.15, 0.2) is 0 Å². The second-order valence-electron chi connectivity index (χ2n) is 2.65. The highest BCUT2D eigenvalue weighted by atomic mass is 33.1. The fraction of sp³-hybridized carbons (Fsp3) is 0.625. The highest BCUT2D eigenvalue weighted by molar-refractivity contribution is 8.77. The Morgan fingerprint density at radius 2 is 2.50 bits per heavy atom. The topological polar surface area (TPSA) is 37.3 Å². The van der Waals surface area contributed by atoms with Crippen molar-refractivity contribution in [2.24, 2.45) is 0 Å². The van der Waals surface area contributed by atoms with Crippen LogP contribution in [0.4, 0.5) is 0 Å². The molecule has 1 rings (SSSR count). The SMILES string of the molecule is O=C(O)/C=C/CCC1CCSS1. The van der Waals surface area contributed by atoms with E-state index in [0.717, 1.165) is 18.1 Å². The normalized spacial score (nSPS) is 23.5. The van der Waals surface area contributed by atoms with Crippen molar-refractivity contribution in [3.05, 3.63) is 12.2 Å². The van der Waals surface area contributed by atoms with E-state index in [2.05, 4.69) is 0 Å². The van der Waals surface area contributed by atoms with Crippen molar-refractivity contribution < 1.29 is 9.90 Å². The first-order chi connectivity index (χ1) is 5.79. The molecule has 68 valence electrons. The van der Waals surface area contributed by atoms with Crippen LogP contribution in [0.2, 0.25) is 0 Å². The fourth-order valence-corrected chi connectivity index (χ4v) is 4.03. The molecular formula is C8H12O2S2. The number of rotatable bonds is 4. The van der Waals surface area contributed by atoms with Gasteiger partial charge in [-0.25, -0.2) is 4.79 Å². The predicted octanol–water partition coefficient (Wildman–Crippen LogP) is 2.56. The van der Waals surface area contributed by atoms with Crippen molar-refractivity contribution in [2.75, 3.05) is 5.75 Å². The van der Waals surface area contributed by atoms with E-state index in [0.29, 0.717) is 0 Å². The molecule has 0 aromatic rings. The molecule has 12 heavy (non-hydrogen) atoms. The monoisotopic (exact) mass is 204 g/mol. The molecule has 1 unspecified atom stereocenters. The zero-order chi connectivity index (χ0) is 8.81. The molecule has 1 saturated heterocycles. The largest absolute Gasteiger partial charge is 0.478 e. The Hall–Kier alpha value is -0.0900. The van der Waals surface area contributed by atoms with E-state index in [1.54, 1.807) is 6.08 Å². The zero-order valence-corrected chi connectivity index (χ0v) is 8.37. The first-order valence-electron chi connectivity index (χ1n) is 3.97. The van der Waals surface area contributed by atoms with Gasteiger partial charge in [0.2, 0.25) is 0 Å². The first kappa shape index (κ1) is 9.99. The molecule has 1 aliphatic heterocycles. The molecule has 0 aromatic carbocycles. The first-order valence-corrected chi connectivity index (χ1v) is 6.35. The van der Waals surface area contributed by atoms with Crippen molar-refractivity contribution in [2.45, 2.75) is 24.5 Å². The van der Waals surface area contributed by atoms with Crippen LogP contribution >= 0.6 is 21.6 Å². The molecule has 0 spiro atoms. The van der Waals surface area contributed by atoms with Crippen LogP contribution in [0, 0.1) is 0 Å². The van der Waals surface area contributed by atoms with Crippen molar-refractivity contribution in [3.8, 4) is 0 Å². The van der Waals surface area contributed by atoms with Crippen LogP contribution < -0.4 is 0 Å². The summed E-state index contributed by atoms with van der Waals surface area (Å²) in [6, 6.07) is 0. The summed E-state index contributed by atoms with van der Waals surface area (Å²) in [5, 5.41) is 9.05. The Kier molecular flexibility index (Phi) is 4.61. The lowest BCUT2D eigenvalue weighted by atomic mass is 10.2. The molecule has 2 nitrogen and oxygen atoms in total. The Labute approximate surface area is 80.2 Å². The van der Waals surface area contributed by atoms with Gasteiger partial charge in [-0.15, -0.1) is 0 Å². The van der Waals surface area contributed by atoms with Crippen molar-refractivity contribution in [3.63, 3.8) is 0 Å². The summed E-state index contributed by atoms with van der Waals surface area (Å²) in [4.78, 5) is 10.1. The minimum atomic E-state index is -0.844. The zero-order valence-electron chi connectivity index (χ0n) is 6.73. The van der Waals surface area contributed by atoms with E-state index in [-0.39, 0.29) is 0 Å². The van der Waals surface area contributed by atoms with Crippen molar-refractivity contribution in [1.29, 1.82) is 0 Å². The van der Waals surface area contributed by atoms with Gasteiger partial charge in [-0.3, -0.25) is 0 Å². The Morgan fingerprint density at radius 1 is 1.67 bits per heavy atom. The van der Waals surface area contributed by atoms with Gasteiger partial charge in [0.1, 0.15) is 0 Å². The summed E-state index contributed by atoms with van der Waals surface area (Å²) in [6.07, 6.45) is 6.25. The predicted molar refractivity (Wildman–Crippen MR) is 54.5 cm³/mol. The maximum Gasteiger partial charge on any atom is 0.327 e. The molecule has 0 saturated carbocycles. The third kappa shape index (κ3) is 4.07. The average Bonchev–Trinajstić information content (AvgIpc) is 2.49. The Morgan fingerprint density at radius 3 is 3.08 bits per heavy atom. The summed E-state index contributed by atoms with van der Waals surface area (Å²) >= 11 is 0. The second kappa shape index (κ2) is 5.54. The lowest BCUT2D eigenvalue weighted by Gasteiger charge is -2.02. The number of allylic oxidation sites excluding steroid dienone is 1. The Bertz CT molecular complexity index is 174. The molecular weight excluding hydrogens is 192 g/mol. The highest BCUT2D eigenvalue weighted by Crippen LogP contribution is 2.39. The number of hydrogen-bond acceptors (Lipinski definition) is 3. The smallest absolute Gasteiger partial charge is 0.327 e. The number of aliphatic carboxylic acids is 1. The molecule has 1 aliphatic rings. The van der Waals surface area contributed by atoms with Crippen molar-refractivity contribution >= 4 is 27.6 Å². The van der Waals surface area contributed by atoms with Crippen LogP contribution in [0.3, 0.4) is 0 Å². The summed E-state index contributed by atoms with van der Waals surface area (Å²) in [5.41, 5.74) is 0. The Balaban J connectivity index is 2.05. The lowest BCUT2D eigenvalue weighted by molar-refractivity contribution is -0.131. The average molecular weight is 204 g/mol. The van der Waals surface area contributed by atoms with E-state index >= 15 is 0 Å². The number of carboxylic acids is 1. The van der Waals surface area contributed by atoms with Crippen LogP contribution in [0.25, 0.3) is 0 Å². The van der Waals surface area contributed by atoms with E-state index in [1.165, 1.54) is 18.2 Å². The third-order valence-electron chi connectivity index (χ3n) is 1.64. The number of carbonyl (C=O) groups is 1. The molecule has 0 amide bonds. The summed E-state index contributed by atoms with van der Waals surface area (Å²) in [5.74, 6) is 0.404. The second-order valence-corrected chi connectivity index (χ2v) is 5.43. The molecule has 1 atom stereocenters. The van der Waals surface area contributed by atoms with Crippen LogP contribution in [-0.4, -0.2) is 22.1 Å². The molecule has 1 heterocycles. The van der Waals surface area contributed by atoms with E-state index in [9.17, 15) is 4.79 Å². The lowest BCUT2D eigenvalue weighted by Crippen LogP contribution is -1.95. The van der Waals surface area contributed by atoms with Gasteiger partial charge in [0.25, 0.3) is 0 Å². The summed E-state index contributed by atoms with van der Waals surface area (Å²) < 4.78 is 0. The molecule has 1 N–H and O–H groups in total. The van der Waals surface area contributed by atoms with Crippen LogP contribution in [0.1, 0.15) is 19.3 Å². The quantitative estimate of drug-likeness (QED) is 0.564. The van der Waals surface area contributed by atoms with Crippen molar-refractivity contribution in [1.82, 2.24) is 0 Å². The maximum atomic E-state index is 10.1. The highest BCUT2D eigenvalue weighted by Gasteiger charge is 2.14. The molecule has 0 radical (unpaired) electrons. The standard InChI is InChI=1S/C8H12O2S2/c9-8(10)4-2-1-3-7-5-6-11-12-7/h2,4,7H,1,3,5-6H2,(H,9,10)/b4-2+. The van der Waals surface area contributed by atoms with Crippen LogP contribution in [0.5, 0.6) is 0 Å². The van der Waals surface area contributed by atoms with Crippen LogP contribution in [0.15, 0.2) is 12.2 Å². The van der Waals surface area contributed by atoms with E-state index < -0.39 is 5.97 Å². The van der Waals surface area contributed by atoms with Gasteiger partial charge >= 0.3 is 5.97 Å². The fourth-order valence-electron chi connectivity index (χ4n) is 1.03. The number of hydrogen-bond donors (Lipinski definition) is 1. The molecule has 4 heteroatoms. The molecule has 1 fully saturated rings. The summed E-state index contributed by atoms with van der Waals surface area (Å²) in [7, 11) is 3.86. The third-order valence-corrected chi connectivity index (χ3v) is 4.65. The van der Waals surface area contributed by atoms with E-state index in [1.807, 2.05) is 21.6 Å². The van der Waals surface area contributed by atoms with Gasteiger partial charge in [0.05, 0.1) is 0 Å². The summed E-state index contributed by atoms with van der Waals surface area (Å²) in [6.45, 7) is 0. The molecule has 0 aliphatic carbocycles. The minimum Gasteiger partial charge on any atom is -0.478 e. The van der Waals surface area contributed by atoms with Crippen LogP contribution in [-0.2, 0) is 4.79 Å². The van der Waals surface area contributed by atoms with Gasteiger partial charge in [-0.05, 0) is 19.3 Å². The van der Waals surface area contributed by atoms with Gasteiger partial charge < -0.3 is 5.11 Å². The molecule has 0 bridgehead atoms. The van der Waals surface area contributed by atoms with E-state index in [4.69, 9.17) is 5.11 Å². The molecule has 0 aromatic heterocycles. The number of carboxylic acid groups (broad SMARTS) is 1. The minimum absolute atomic E-state index is 0.744. The van der Waals surface area contributed by atoms with Gasteiger partial charge in [-0.1, -0.05) is 27.7 Å². The maximum absolute atomic E-state index is 10.1.